The van der Waals surface area contributed by atoms with Gasteiger partial charge in [0.25, 0.3) is 0 Å². The standard InChI is InChI=1S/C17H19F3N4O3/c1-4-13(21-2)11-8-24(16(27)23-14(11)22-3)9-5-6-10(15(25)26)12(7-9)17(18,19)20/h5-8,13,21H,4H2,1-3H3,(H,25,26)(H,22,23,27). The molecule has 10 heteroatoms. The van der Waals surface area contributed by atoms with Crippen molar-refractivity contribution in [3.63, 3.8) is 0 Å². The summed E-state index contributed by atoms with van der Waals surface area (Å²) in [6.45, 7) is 1.90. The summed E-state index contributed by atoms with van der Waals surface area (Å²) >= 11 is 0. The third-order valence-corrected chi connectivity index (χ3v) is 4.14. The van der Waals surface area contributed by atoms with E-state index in [1.807, 2.05) is 6.92 Å². The Kier molecular flexibility index (Phi) is 5.89. The number of hydrogen-bond donors (Lipinski definition) is 3. The lowest BCUT2D eigenvalue weighted by atomic mass is 10.1. The number of hydrogen-bond acceptors (Lipinski definition) is 5. The van der Waals surface area contributed by atoms with E-state index in [9.17, 15) is 22.8 Å². The van der Waals surface area contributed by atoms with E-state index in [1.54, 1.807) is 14.1 Å². The van der Waals surface area contributed by atoms with E-state index < -0.39 is 29.0 Å². The van der Waals surface area contributed by atoms with Gasteiger partial charge in [0.2, 0.25) is 0 Å². The van der Waals surface area contributed by atoms with Crippen LogP contribution in [0.2, 0.25) is 0 Å². The number of carboxylic acids is 1. The Labute approximate surface area is 152 Å². The van der Waals surface area contributed by atoms with Crippen LogP contribution in [0.1, 0.15) is 40.9 Å². The van der Waals surface area contributed by atoms with Crippen molar-refractivity contribution in [3.05, 3.63) is 51.6 Å². The Bertz CT molecular complexity index is 905. The fourth-order valence-corrected chi connectivity index (χ4v) is 2.79. The van der Waals surface area contributed by atoms with Gasteiger partial charge < -0.3 is 15.7 Å². The second-order valence-corrected chi connectivity index (χ2v) is 5.73. The molecule has 0 saturated heterocycles. The van der Waals surface area contributed by atoms with Gasteiger partial charge in [-0.25, -0.2) is 9.59 Å². The van der Waals surface area contributed by atoms with E-state index in [0.29, 0.717) is 23.9 Å². The van der Waals surface area contributed by atoms with E-state index in [4.69, 9.17) is 5.11 Å². The third-order valence-electron chi connectivity index (χ3n) is 4.14. The van der Waals surface area contributed by atoms with E-state index in [0.717, 1.165) is 16.7 Å². The molecule has 1 unspecified atom stereocenters. The molecule has 27 heavy (non-hydrogen) atoms. The molecular weight excluding hydrogens is 365 g/mol. The minimum atomic E-state index is -4.88. The molecule has 0 aliphatic heterocycles. The van der Waals surface area contributed by atoms with Crippen molar-refractivity contribution in [1.29, 1.82) is 0 Å². The van der Waals surface area contributed by atoms with Crippen molar-refractivity contribution >= 4 is 11.8 Å². The predicted molar refractivity (Wildman–Crippen MR) is 93.4 cm³/mol. The molecule has 0 radical (unpaired) electrons. The molecule has 146 valence electrons. The quantitative estimate of drug-likeness (QED) is 0.709. The molecule has 0 aliphatic carbocycles. The molecule has 1 atom stereocenters. The normalized spacial score (nSPS) is 12.7. The van der Waals surface area contributed by atoms with Crippen LogP contribution in [0.5, 0.6) is 0 Å². The number of nitrogens with zero attached hydrogens (tertiary/aromatic N) is 2. The van der Waals surface area contributed by atoms with Crippen LogP contribution in [0.4, 0.5) is 19.0 Å². The molecular formula is C17H19F3N4O3. The Balaban J connectivity index is 2.73. The molecule has 0 saturated carbocycles. The largest absolute Gasteiger partial charge is 0.478 e. The number of anilines is 1. The highest BCUT2D eigenvalue weighted by atomic mass is 19.4. The van der Waals surface area contributed by atoms with Gasteiger partial charge in [0.1, 0.15) is 5.82 Å². The monoisotopic (exact) mass is 384 g/mol. The Hall–Kier alpha value is -2.88. The van der Waals surface area contributed by atoms with Gasteiger partial charge in [-0.15, -0.1) is 0 Å². The highest BCUT2D eigenvalue weighted by Gasteiger charge is 2.35. The van der Waals surface area contributed by atoms with Gasteiger partial charge in [-0.3, -0.25) is 4.57 Å². The van der Waals surface area contributed by atoms with E-state index in [2.05, 4.69) is 15.6 Å². The van der Waals surface area contributed by atoms with Crippen molar-refractivity contribution in [2.24, 2.45) is 0 Å². The van der Waals surface area contributed by atoms with Crippen LogP contribution >= 0.6 is 0 Å². The van der Waals surface area contributed by atoms with Crippen LogP contribution in [0, 0.1) is 0 Å². The molecule has 0 aliphatic rings. The van der Waals surface area contributed by atoms with Gasteiger partial charge in [-0.05, 0) is 31.7 Å². The molecule has 1 aromatic carbocycles. The fourth-order valence-electron chi connectivity index (χ4n) is 2.79. The number of carboxylic acid groups (broad SMARTS) is 1. The highest BCUT2D eigenvalue weighted by Crippen LogP contribution is 2.33. The van der Waals surface area contributed by atoms with Gasteiger partial charge in [-0.1, -0.05) is 6.92 Å². The number of nitrogens with one attached hydrogen (secondary N) is 2. The summed E-state index contributed by atoms with van der Waals surface area (Å²) in [7, 11) is 3.30. The van der Waals surface area contributed by atoms with Gasteiger partial charge in [0.05, 0.1) is 16.8 Å². The number of halogens is 3. The van der Waals surface area contributed by atoms with Crippen LogP contribution in [0.3, 0.4) is 0 Å². The van der Waals surface area contributed by atoms with Gasteiger partial charge in [0.15, 0.2) is 0 Å². The maximum absolute atomic E-state index is 13.3. The Morgan fingerprint density at radius 1 is 1.33 bits per heavy atom. The molecule has 7 nitrogen and oxygen atoms in total. The Morgan fingerprint density at radius 2 is 2.00 bits per heavy atom. The van der Waals surface area contributed by atoms with Crippen LogP contribution in [-0.2, 0) is 6.18 Å². The molecule has 1 heterocycles. The highest BCUT2D eigenvalue weighted by molar-refractivity contribution is 5.90. The summed E-state index contributed by atoms with van der Waals surface area (Å²) in [5.41, 5.74) is -2.54. The molecule has 0 fully saturated rings. The zero-order valence-electron chi connectivity index (χ0n) is 14.9. The first kappa shape index (κ1) is 20.4. The van der Waals surface area contributed by atoms with Crippen LogP contribution in [-0.4, -0.2) is 34.7 Å². The van der Waals surface area contributed by atoms with Gasteiger partial charge in [0, 0.05) is 24.8 Å². The lowest BCUT2D eigenvalue weighted by Gasteiger charge is -2.19. The van der Waals surface area contributed by atoms with Crippen molar-refractivity contribution in [3.8, 4) is 5.69 Å². The molecule has 0 spiro atoms. The summed E-state index contributed by atoms with van der Waals surface area (Å²) < 4.78 is 40.7. The summed E-state index contributed by atoms with van der Waals surface area (Å²) in [5, 5.41) is 14.8. The average Bonchev–Trinajstić information content (AvgIpc) is 2.62. The van der Waals surface area contributed by atoms with E-state index in [-0.39, 0.29) is 11.7 Å². The van der Waals surface area contributed by atoms with Crippen molar-refractivity contribution in [1.82, 2.24) is 14.9 Å². The summed E-state index contributed by atoms with van der Waals surface area (Å²) in [4.78, 5) is 27.3. The number of benzene rings is 1. The SMILES string of the molecule is CCC(NC)c1cn(-c2ccc(C(=O)O)c(C(F)(F)F)c2)c(=O)nc1NC. The lowest BCUT2D eigenvalue weighted by molar-refractivity contribution is -0.138. The predicted octanol–water partition coefficient (Wildman–Crippen LogP) is 2.66. The lowest BCUT2D eigenvalue weighted by Crippen LogP contribution is -2.27. The number of aromatic carboxylic acids is 1. The minimum Gasteiger partial charge on any atom is -0.478 e. The van der Waals surface area contributed by atoms with Gasteiger partial charge >= 0.3 is 17.8 Å². The maximum Gasteiger partial charge on any atom is 0.417 e. The van der Waals surface area contributed by atoms with Crippen LogP contribution in [0.25, 0.3) is 5.69 Å². The molecule has 3 N–H and O–H groups in total. The van der Waals surface area contributed by atoms with Crippen LogP contribution in [0.15, 0.2) is 29.2 Å². The first-order valence-electron chi connectivity index (χ1n) is 8.07. The van der Waals surface area contributed by atoms with Crippen LogP contribution < -0.4 is 16.3 Å². The van der Waals surface area contributed by atoms with Crippen molar-refractivity contribution in [2.45, 2.75) is 25.6 Å². The number of alkyl halides is 3. The second kappa shape index (κ2) is 7.78. The molecule has 2 rings (SSSR count). The van der Waals surface area contributed by atoms with E-state index in [1.165, 1.54) is 6.20 Å². The van der Waals surface area contributed by atoms with E-state index >= 15 is 0 Å². The molecule has 1 aromatic heterocycles. The summed E-state index contributed by atoms with van der Waals surface area (Å²) in [6, 6.07) is 2.42. The molecule has 0 amide bonds. The average molecular weight is 384 g/mol. The third kappa shape index (κ3) is 4.11. The maximum atomic E-state index is 13.3. The molecule has 0 bridgehead atoms. The second-order valence-electron chi connectivity index (χ2n) is 5.73. The topological polar surface area (TPSA) is 96.3 Å². The van der Waals surface area contributed by atoms with Crippen molar-refractivity contribution < 1.29 is 23.1 Å². The summed E-state index contributed by atoms with van der Waals surface area (Å²) in [6.07, 6.45) is -2.83. The number of aromatic nitrogens is 2. The zero-order valence-corrected chi connectivity index (χ0v) is 14.9. The zero-order chi connectivity index (χ0) is 20.4. The minimum absolute atomic E-state index is 0.125. The summed E-state index contributed by atoms with van der Waals surface area (Å²) in [5.74, 6) is -1.39. The first-order valence-corrected chi connectivity index (χ1v) is 8.07. The van der Waals surface area contributed by atoms with Crippen molar-refractivity contribution in [2.75, 3.05) is 19.4 Å². The fraction of sp³-hybridized carbons (Fsp3) is 0.353. The molecule has 2 aromatic rings. The number of rotatable bonds is 6. The first-order chi connectivity index (χ1) is 12.6. The van der Waals surface area contributed by atoms with Gasteiger partial charge in [-0.2, -0.15) is 18.2 Å². The Morgan fingerprint density at radius 3 is 2.48 bits per heavy atom. The smallest absolute Gasteiger partial charge is 0.417 e. The number of carbonyl (C=O) groups is 1.